The third-order valence-electron chi connectivity index (χ3n) is 6.32. The molecule has 1 aliphatic heterocycles. The second-order valence-corrected chi connectivity index (χ2v) is 10.2. The summed E-state index contributed by atoms with van der Waals surface area (Å²) in [5.74, 6) is -0.330. The highest BCUT2D eigenvalue weighted by atomic mass is 32.2. The van der Waals surface area contributed by atoms with Crippen molar-refractivity contribution in [1.29, 1.82) is 0 Å². The van der Waals surface area contributed by atoms with Gasteiger partial charge < -0.3 is 19.6 Å². The molecule has 1 heterocycles. The SMILES string of the molecule is COc1cccc(N2CCN(c3ccc(C(=O)O)cc3NS(=O)(=O)c3ccc(C)c(C)c3)CC2)c1. The van der Waals surface area contributed by atoms with Gasteiger partial charge in [-0.25, -0.2) is 13.2 Å². The molecule has 3 aromatic carbocycles. The van der Waals surface area contributed by atoms with Crippen molar-refractivity contribution in [2.45, 2.75) is 18.7 Å². The molecular formula is C26H29N3O5S. The first-order valence-electron chi connectivity index (χ1n) is 11.3. The van der Waals surface area contributed by atoms with E-state index in [2.05, 4.69) is 14.5 Å². The van der Waals surface area contributed by atoms with E-state index in [1.54, 1.807) is 31.4 Å². The van der Waals surface area contributed by atoms with Gasteiger partial charge in [0.05, 0.1) is 28.9 Å². The average molecular weight is 496 g/mol. The van der Waals surface area contributed by atoms with Crippen LogP contribution in [-0.2, 0) is 10.0 Å². The van der Waals surface area contributed by atoms with Gasteiger partial charge >= 0.3 is 5.97 Å². The Morgan fingerprint density at radius 2 is 1.63 bits per heavy atom. The van der Waals surface area contributed by atoms with E-state index in [9.17, 15) is 18.3 Å². The van der Waals surface area contributed by atoms with Crippen LogP contribution < -0.4 is 19.3 Å². The fraction of sp³-hybridized carbons (Fsp3) is 0.269. The number of hydrogen-bond donors (Lipinski definition) is 2. The van der Waals surface area contributed by atoms with Crippen molar-refractivity contribution < 1.29 is 23.1 Å². The molecule has 0 spiro atoms. The van der Waals surface area contributed by atoms with Crippen LogP contribution >= 0.6 is 0 Å². The maximum atomic E-state index is 13.2. The molecule has 0 bridgehead atoms. The molecule has 3 aromatic rings. The zero-order chi connectivity index (χ0) is 25.2. The number of rotatable bonds is 7. The summed E-state index contributed by atoms with van der Waals surface area (Å²) in [6.07, 6.45) is 0. The van der Waals surface area contributed by atoms with Gasteiger partial charge in [-0.15, -0.1) is 0 Å². The molecular weight excluding hydrogens is 466 g/mol. The first-order valence-corrected chi connectivity index (χ1v) is 12.8. The molecule has 0 saturated carbocycles. The summed E-state index contributed by atoms with van der Waals surface area (Å²) in [5.41, 5.74) is 3.82. The van der Waals surface area contributed by atoms with Crippen molar-refractivity contribution in [3.63, 3.8) is 0 Å². The van der Waals surface area contributed by atoms with Crippen molar-refractivity contribution in [3.8, 4) is 5.75 Å². The third-order valence-corrected chi connectivity index (χ3v) is 7.68. The Labute approximate surface area is 205 Å². The number of sulfonamides is 1. The van der Waals surface area contributed by atoms with Crippen LogP contribution in [0.3, 0.4) is 0 Å². The number of aryl methyl sites for hydroxylation is 2. The van der Waals surface area contributed by atoms with Crippen LogP contribution in [0.5, 0.6) is 5.75 Å². The Bertz CT molecular complexity index is 1350. The fourth-order valence-corrected chi connectivity index (χ4v) is 5.27. The molecule has 0 aromatic heterocycles. The Balaban J connectivity index is 1.60. The van der Waals surface area contributed by atoms with E-state index in [0.717, 1.165) is 35.7 Å². The lowest BCUT2D eigenvalue weighted by atomic mass is 10.1. The lowest BCUT2D eigenvalue weighted by Crippen LogP contribution is -2.46. The molecule has 0 unspecified atom stereocenters. The standard InChI is InChI=1S/C26H29N3O5S/c1-18-7-9-23(15-19(18)2)35(32,33)27-24-16-20(26(30)31)8-10-25(24)29-13-11-28(12-14-29)21-5-4-6-22(17-21)34-3/h4-10,15-17,27H,11-14H2,1-3H3,(H,30,31). The summed E-state index contributed by atoms with van der Waals surface area (Å²) in [5, 5.41) is 9.49. The highest BCUT2D eigenvalue weighted by molar-refractivity contribution is 7.92. The van der Waals surface area contributed by atoms with Crippen LogP contribution in [0.15, 0.2) is 65.6 Å². The third kappa shape index (κ3) is 5.35. The topological polar surface area (TPSA) is 99.2 Å². The number of nitrogens with zero attached hydrogens (tertiary/aromatic N) is 2. The van der Waals surface area contributed by atoms with Crippen molar-refractivity contribution in [3.05, 3.63) is 77.4 Å². The van der Waals surface area contributed by atoms with Gasteiger partial charge in [0, 0.05) is 37.9 Å². The summed E-state index contributed by atoms with van der Waals surface area (Å²) in [4.78, 5) is 16.0. The number of piperazine rings is 1. The molecule has 1 fully saturated rings. The second-order valence-electron chi connectivity index (χ2n) is 8.56. The highest BCUT2D eigenvalue weighted by Gasteiger charge is 2.24. The van der Waals surface area contributed by atoms with E-state index in [0.29, 0.717) is 18.8 Å². The number of ether oxygens (including phenoxy) is 1. The van der Waals surface area contributed by atoms with Crippen molar-refractivity contribution in [2.24, 2.45) is 0 Å². The van der Waals surface area contributed by atoms with Crippen molar-refractivity contribution in [1.82, 2.24) is 0 Å². The van der Waals surface area contributed by atoms with Gasteiger partial charge in [0.1, 0.15) is 5.75 Å². The van der Waals surface area contributed by atoms with Crippen molar-refractivity contribution >= 4 is 33.1 Å². The molecule has 0 aliphatic carbocycles. The molecule has 0 radical (unpaired) electrons. The van der Waals surface area contributed by atoms with Gasteiger partial charge in [0.2, 0.25) is 0 Å². The monoisotopic (exact) mass is 495 g/mol. The minimum absolute atomic E-state index is 0.0153. The maximum Gasteiger partial charge on any atom is 0.335 e. The van der Waals surface area contributed by atoms with Crippen LogP contribution in [-0.4, -0.2) is 52.8 Å². The number of aromatic carboxylic acids is 1. The Morgan fingerprint density at radius 1 is 0.914 bits per heavy atom. The van der Waals surface area contributed by atoms with E-state index in [1.165, 1.54) is 12.1 Å². The van der Waals surface area contributed by atoms with E-state index < -0.39 is 16.0 Å². The number of carboxylic acid groups (broad SMARTS) is 1. The molecule has 0 atom stereocenters. The number of benzene rings is 3. The quantitative estimate of drug-likeness (QED) is 0.508. The predicted molar refractivity (Wildman–Crippen MR) is 138 cm³/mol. The largest absolute Gasteiger partial charge is 0.497 e. The lowest BCUT2D eigenvalue weighted by Gasteiger charge is -2.38. The van der Waals surface area contributed by atoms with Crippen LogP contribution in [0.4, 0.5) is 17.1 Å². The van der Waals surface area contributed by atoms with Crippen LogP contribution in [0.1, 0.15) is 21.5 Å². The van der Waals surface area contributed by atoms with Gasteiger partial charge in [0.25, 0.3) is 10.0 Å². The van der Waals surface area contributed by atoms with E-state index in [-0.39, 0.29) is 16.1 Å². The van der Waals surface area contributed by atoms with Gasteiger partial charge in [-0.3, -0.25) is 4.72 Å². The Morgan fingerprint density at radius 3 is 2.29 bits per heavy atom. The number of anilines is 3. The highest BCUT2D eigenvalue weighted by Crippen LogP contribution is 2.32. The molecule has 1 aliphatic rings. The average Bonchev–Trinajstić information content (AvgIpc) is 2.85. The minimum Gasteiger partial charge on any atom is -0.497 e. The van der Waals surface area contributed by atoms with Crippen LogP contribution in [0.25, 0.3) is 0 Å². The summed E-state index contributed by atoms with van der Waals surface area (Å²) in [6, 6.07) is 17.3. The first kappa shape index (κ1) is 24.4. The molecule has 9 heteroatoms. The molecule has 4 rings (SSSR count). The summed E-state index contributed by atoms with van der Waals surface area (Å²) in [7, 11) is -2.27. The van der Waals surface area contributed by atoms with Gasteiger partial charge in [-0.05, 0) is 67.4 Å². The number of carbonyl (C=O) groups is 1. The zero-order valence-electron chi connectivity index (χ0n) is 20.0. The van der Waals surface area contributed by atoms with E-state index >= 15 is 0 Å². The summed E-state index contributed by atoms with van der Waals surface area (Å²) in [6.45, 7) is 6.49. The molecule has 184 valence electrons. The number of carboxylic acids is 1. The maximum absolute atomic E-state index is 13.2. The molecule has 2 N–H and O–H groups in total. The fourth-order valence-electron chi connectivity index (χ4n) is 4.12. The summed E-state index contributed by atoms with van der Waals surface area (Å²) < 4.78 is 34.3. The van der Waals surface area contributed by atoms with Crippen LogP contribution in [0, 0.1) is 13.8 Å². The van der Waals surface area contributed by atoms with Crippen LogP contribution in [0.2, 0.25) is 0 Å². The van der Waals surface area contributed by atoms with E-state index in [4.69, 9.17) is 4.74 Å². The smallest absolute Gasteiger partial charge is 0.335 e. The predicted octanol–water partition coefficient (Wildman–Crippen LogP) is 4.14. The normalized spacial score (nSPS) is 14.0. The minimum atomic E-state index is -3.91. The Kier molecular flexibility index (Phi) is 6.88. The molecule has 35 heavy (non-hydrogen) atoms. The first-order chi connectivity index (χ1) is 16.7. The van der Waals surface area contributed by atoms with Gasteiger partial charge in [-0.1, -0.05) is 12.1 Å². The second kappa shape index (κ2) is 9.87. The molecule has 1 saturated heterocycles. The van der Waals surface area contributed by atoms with Crippen molar-refractivity contribution in [2.75, 3.05) is 47.8 Å². The summed E-state index contributed by atoms with van der Waals surface area (Å²) >= 11 is 0. The lowest BCUT2D eigenvalue weighted by molar-refractivity contribution is 0.0697. The number of hydrogen-bond acceptors (Lipinski definition) is 6. The molecule has 0 amide bonds. The van der Waals surface area contributed by atoms with Gasteiger partial charge in [0.15, 0.2) is 0 Å². The number of nitrogens with one attached hydrogen (secondary N) is 1. The number of methoxy groups -OCH3 is 1. The van der Waals surface area contributed by atoms with E-state index in [1.807, 2.05) is 38.1 Å². The Hall–Kier alpha value is -3.72. The zero-order valence-corrected chi connectivity index (χ0v) is 20.8. The molecule has 8 nitrogen and oxygen atoms in total. The van der Waals surface area contributed by atoms with Gasteiger partial charge in [-0.2, -0.15) is 0 Å².